The van der Waals surface area contributed by atoms with E-state index in [-0.39, 0.29) is 5.56 Å². The van der Waals surface area contributed by atoms with Crippen molar-refractivity contribution >= 4 is 12.3 Å². The van der Waals surface area contributed by atoms with E-state index in [0.717, 1.165) is 11.1 Å². The van der Waals surface area contributed by atoms with Gasteiger partial charge in [-0.25, -0.2) is 8.78 Å². The van der Waals surface area contributed by atoms with Gasteiger partial charge in [-0.1, -0.05) is 66.3 Å². The molecule has 0 unspecified atom stereocenters. The van der Waals surface area contributed by atoms with Crippen LogP contribution in [0.15, 0.2) is 60.3 Å². The average molecular weight is 286 g/mol. The number of nitrogens with zero attached hydrogens (tertiary/aromatic N) is 1. The summed E-state index contributed by atoms with van der Waals surface area (Å²) in [5, 5.41) is 3.72. The lowest BCUT2D eigenvalue weighted by Crippen LogP contribution is -1.91. The third-order valence-electron chi connectivity index (χ3n) is 2.90. The summed E-state index contributed by atoms with van der Waals surface area (Å²) in [4.78, 5) is 5.16. The Bertz CT molecular complexity index is 621. The fourth-order valence-corrected chi connectivity index (χ4v) is 1.75. The van der Waals surface area contributed by atoms with Crippen molar-refractivity contribution in [1.82, 2.24) is 0 Å². The molecule has 4 heteroatoms. The van der Waals surface area contributed by atoms with Gasteiger partial charge in [-0.05, 0) is 11.1 Å². The second-order valence-corrected chi connectivity index (χ2v) is 4.30. The summed E-state index contributed by atoms with van der Waals surface area (Å²) in [7, 11) is 0. The summed E-state index contributed by atoms with van der Waals surface area (Å²) < 4.78 is 24.8. The predicted octanol–water partition coefficient (Wildman–Crippen LogP) is 4.69. The number of rotatable bonds is 6. The highest BCUT2D eigenvalue weighted by Gasteiger charge is 2.05. The van der Waals surface area contributed by atoms with Gasteiger partial charge in [-0.15, -0.1) is 0 Å². The summed E-state index contributed by atoms with van der Waals surface area (Å²) in [6.45, 7) is 4.02. The van der Waals surface area contributed by atoms with Gasteiger partial charge in [0, 0.05) is 11.1 Å². The number of hydrogen-bond donors (Lipinski definition) is 0. The number of benzene rings is 2. The molecule has 21 heavy (non-hydrogen) atoms. The van der Waals surface area contributed by atoms with E-state index >= 15 is 0 Å². The van der Waals surface area contributed by atoms with Crippen LogP contribution in [0.25, 0.3) is 6.08 Å². The Morgan fingerprint density at radius 2 is 1.86 bits per heavy atom. The van der Waals surface area contributed by atoms with E-state index in [1.54, 1.807) is 6.08 Å². The van der Waals surface area contributed by atoms with Crippen molar-refractivity contribution in [3.63, 3.8) is 0 Å². The molecular weight excluding hydrogens is 272 g/mol. The molecule has 0 bridgehead atoms. The zero-order valence-corrected chi connectivity index (χ0v) is 11.3. The molecule has 2 aromatic carbocycles. The van der Waals surface area contributed by atoms with E-state index in [1.807, 2.05) is 24.3 Å². The second kappa shape index (κ2) is 7.33. The molecule has 2 nitrogen and oxygen atoms in total. The molecule has 0 aromatic heterocycles. The van der Waals surface area contributed by atoms with E-state index < -0.39 is 6.43 Å². The van der Waals surface area contributed by atoms with Gasteiger partial charge in [0.2, 0.25) is 0 Å². The van der Waals surface area contributed by atoms with Gasteiger partial charge in [-0.2, -0.15) is 0 Å². The van der Waals surface area contributed by atoms with Crippen LogP contribution < -0.4 is 0 Å². The van der Waals surface area contributed by atoms with E-state index in [0.29, 0.717) is 12.2 Å². The van der Waals surface area contributed by atoms with Gasteiger partial charge in [0.15, 0.2) is 0 Å². The highest BCUT2D eigenvalue weighted by Crippen LogP contribution is 2.18. The Morgan fingerprint density at radius 3 is 2.52 bits per heavy atom. The molecule has 0 heterocycles. The minimum Gasteiger partial charge on any atom is -0.390 e. The Kier molecular flexibility index (Phi) is 5.21. The van der Waals surface area contributed by atoms with Gasteiger partial charge in [-0.3, -0.25) is 0 Å². The normalized spacial score (nSPS) is 11.0. The smallest absolute Gasteiger partial charge is 0.263 e. The van der Waals surface area contributed by atoms with Crippen LogP contribution >= 0.6 is 0 Å². The number of alkyl halides is 2. The molecule has 0 aliphatic carbocycles. The zero-order chi connectivity index (χ0) is 15.1. The average Bonchev–Trinajstić information content (AvgIpc) is 2.52. The Labute approximate surface area is 122 Å². The molecule has 2 rings (SSSR count). The van der Waals surface area contributed by atoms with E-state index in [2.05, 4.69) is 17.9 Å². The topological polar surface area (TPSA) is 21.6 Å². The van der Waals surface area contributed by atoms with Crippen molar-refractivity contribution < 1.29 is 13.6 Å². The van der Waals surface area contributed by atoms with Crippen LogP contribution in [0.2, 0.25) is 0 Å². The van der Waals surface area contributed by atoms with Crippen molar-refractivity contribution in [1.29, 1.82) is 0 Å². The van der Waals surface area contributed by atoms with Crippen molar-refractivity contribution in [2.75, 3.05) is 0 Å². The maximum absolute atomic E-state index is 12.4. The second-order valence-electron chi connectivity index (χ2n) is 4.30. The van der Waals surface area contributed by atoms with E-state index in [1.165, 1.54) is 24.3 Å². The van der Waals surface area contributed by atoms with Crippen LogP contribution in [0.3, 0.4) is 0 Å². The molecule has 0 fully saturated rings. The molecule has 2 aromatic rings. The summed E-state index contributed by atoms with van der Waals surface area (Å²) in [6.07, 6.45) is 1.93. The summed E-state index contributed by atoms with van der Waals surface area (Å²) >= 11 is 0. The van der Waals surface area contributed by atoms with E-state index in [4.69, 9.17) is 4.84 Å². The lowest BCUT2D eigenvalue weighted by molar-refractivity contribution is 0.132. The Morgan fingerprint density at radius 1 is 1.14 bits per heavy atom. The fraction of sp³-hybridized carbons (Fsp3) is 0.118. The lowest BCUT2D eigenvalue weighted by Gasteiger charge is -2.03. The van der Waals surface area contributed by atoms with Gasteiger partial charge in [0.1, 0.15) is 12.8 Å². The minimum absolute atomic E-state index is 0.0265. The largest absolute Gasteiger partial charge is 0.390 e. The zero-order valence-electron chi connectivity index (χ0n) is 11.3. The minimum atomic E-state index is -2.47. The van der Waals surface area contributed by atoms with Gasteiger partial charge in [0.25, 0.3) is 6.43 Å². The molecule has 0 saturated heterocycles. The monoisotopic (exact) mass is 286 g/mol. The van der Waals surface area contributed by atoms with Crippen LogP contribution in [0.4, 0.5) is 8.78 Å². The lowest BCUT2D eigenvalue weighted by atomic mass is 10.1. The summed E-state index contributed by atoms with van der Waals surface area (Å²) in [5.41, 5.74) is 2.50. The SMILES string of the molecule is C=Cc1ccccc1CO/N=[C]\c1ccc(C(F)F)cc1. The Balaban J connectivity index is 1.92. The third-order valence-corrected chi connectivity index (χ3v) is 2.90. The number of hydrogen-bond acceptors (Lipinski definition) is 2. The molecular formula is C17H14F2NO. The molecule has 0 aliphatic heterocycles. The van der Waals surface area contributed by atoms with Crippen LogP contribution in [0.5, 0.6) is 0 Å². The van der Waals surface area contributed by atoms with Crippen LogP contribution in [0.1, 0.15) is 28.7 Å². The third kappa shape index (κ3) is 4.24. The first-order valence-corrected chi connectivity index (χ1v) is 6.37. The maximum atomic E-state index is 12.4. The standard InChI is InChI=1S/C17H14F2NO/c1-2-14-5-3-4-6-16(14)12-21-20-11-13-7-9-15(10-8-13)17(18)19/h2-10,17H,1,12H2. The molecule has 0 amide bonds. The van der Waals surface area contributed by atoms with Crippen molar-refractivity contribution in [2.24, 2.45) is 5.16 Å². The summed E-state index contributed by atoms with van der Waals surface area (Å²) in [6, 6.07) is 13.4. The highest BCUT2D eigenvalue weighted by atomic mass is 19.3. The maximum Gasteiger partial charge on any atom is 0.263 e. The van der Waals surface area contributed by atoms with Gasteiger partial charge in [0.05, 0.1) is 0 Å². The van der Waals surface area contributed by atoms with E-state index in [9.17, 15) is 8.78 Å². The van der Waals surface area contributed by atoms with Crippen LogP contribution in [-0.2, 0) is 11.4 Å². The quantitative estimate of drug-likeness (QED) is 0.557. The number of halogens is 2. The fourth-order valence-electron chi connectivity index (χ4n) is 1.75. The molecule has 0 N–H and O–H groups in total. The van der Waals surface area contributed by atoms with Crippen molar-refractivity contribution in [3.05, 3.63) is 77.4 Å². The van der Waals surface area contributed by atoms with Crippen molar-refractivity contribution in [3.8, 4) is 0 Å². The molecule has 107 valence electrons. The first-order valence-electron chi connectivity index (χ1n) is 6.37. The molecule has 0 atom stereocenters. The first-order chi connectivity index (χ1) is 10.2. The Hall–Kier alpha value is -2.49. The summed E-state index contributed by atoms with van der Waals surface area (Å²) in [5.74, 6) is 0. The van der Waals surface area contributed by atoms with Crippen LogP contribution in [-0.4, -0.2) is 6.21 Å². The molecule has 0 aliphatic rings. The predicted molar refractivity (Wildman–Crippen MR) is 79.3 cm³/mol. The first kappa shape index (κ1) is 14.9. The highest BCUT2D eigenvalue weighted by molar-refractivity contribution is 5.79. The molecule has 1 radical (unpaired) electrons. The van der Waals surface area contributed by atoms with Crippen molar-refractivity contribution in [2.45, 2.75) is 13.0 Å². The van der Waals surface area contributed by atoms with Gasteiger partial charge < -0.3 is 4.84 Å². The molecule has 0 saturated carbocycles. The van der Waals surface area contributed by atoms with Gasteiger partial charge >= 0.3 is 0 Å². The van der Waals surface area contributed by atoms with Crippen LogP contribution in [0, 0.1) is 0 Å². The molecule has 0 spiro atoms.